The fourth-order valence-electron chi connectivity index (χ4n) is 3.01. The van der Waals surface area contributed by atoms with E-state index in [0.717, 1.165) is 5.56 Å². The van der Waals surface area contributed by atoms with Crippen LogP contribution in [-0.2, 0) is 0 Å². The summed E-state index contributed by atoms with van der Waals surface area (Å²) in [7, 11) is 0. The maximum atomic E-state index is 4.55. The molecule has 1 aliphatic rings. The molecule has 3 rings (SSSR count). The van der Waals surface area contributed by atoms with Crippen LogP contribution in [0.25, 0.3) is 11.4 Å². The summed E-state index contributed by atoms with van der Waals surface area (Å²) in [6, 6.07) is 10.1. The number of hydrogen-bond acceptors (Lipinski definition) is 3. The number of aromatic nitrogens is 4. The molecule has 0 N–H and O–H groups in total. The normalized spacial score (nSPS) is 17.8. The van der Waals surface area contributed by atoms with Crippen LogP contribution in [0.1, 0.15) is 38.1 Å². The van der Waals surface area contributed by atoms with Crippen LogP contribution in [0.15, 0.2) is 43.0 Å². The zero-order valence-electron chi connectivity index (χ0n) is 11.7. The molecule has 104 valence electrons. The summed E-state index contributed by atoms with van der Waals surface area (Å²) in [4.78, 5) is 1.74. The topological polar surface area (TPSA) is 43.6 Å². The fraction of sp³-hybridized carbons (Fsp3) is 0.438. The molecule has 0 unspecified atom stereocenters. The minimum absolute atomic E-state index is 0.167. The van der Waals surface area contributed by atoms with Crippen molar-refractivity contribution in [1.82, 2.24) is 20.2 Å². The van der Waals surface area contributed by atoms with Crippen LogP contribution >= 0.6 is 0 Å². The summed E-state index contributed by atoms with van der Waals surface area (Å²) in [6.07, 6.45) is 8.38. The number of benzene rings is 1. The zero-order chi connectivity index (χ0) is 13.8. The fourth-order valence-corrected chi connectivity index (χ4v) is 3.01. The van der Waals surface area contributed by atoms with Crippen LogP contribution in [0.2, 0.25) is 0 Å². The van der Waals surface area contributed by atoms with Crippen molar-refractivity contribution in [3.05, 3.63) is 43.0 Å². The number of nitrogens with zero attached hydrogens (tertiary/aromatic N) is 4. The van der Waals surface area contributed by atoms with Crippen LogP contribution in [0.3, 0.4) is 0 Å². The van der Waals surface area contributed by atoms with Crippen LogP contribution in [0.5, 0.6) is 0 Å². The number of tetrazole rings is 1. The molecule has 1 fully saturated rings. The lowest BCUT2D eigenvalue weighted by atomic mass is 9.84. The second kappa shape index (κ2) is 5.99. The van der Waals surface area contributed by atoms with Gasteiger partial charge in [0, 0.05) is 5.56 Å². The summed E-state index contributed by atoms with van der Waals surface area (Å²) in [5.74, 6) is 1.28. The summed E-state index contributed by atoms with van der Waals surface area (Å²) < 4.78 is 0. The lowest BCUT2D eigenvalue weighted by Gasteiger charge is -2.26. The lowest BCUT2D eigenvalue weighted by molar-refractivity contribution is 0.254. The van der Waals surface area contributed by atoms with Gasteiger partial charge in [-0.1, -0.05) is 55.7 Å². The highest BCUT2D eigenvalue weighted by molar-refractivity contribution is 5.52. The van der Waals surface area contributed by atoms with Crippen LogP contribution in [-0.4, -0.2) is 20.2 Å². The summed E-state index contributed by atoms with van der Waals surface area (Å²) in [5, 5.41) is 13.0. The monoisotopic (exact) mass is 268 g/mol. The van der Waals surface area contributed by atoms with Gasteiger partial charge in [0.1, 0.15) is 0 Å². The molecule has 1 saturated carbocycles. The third-order valence-electron chi connectivity index (χ3n) is 4.10. The van der Waals surface area contributed by atoms with Crippen LogP contribution in [0, 0.1) is 5.92 Å². The highest BCUT2D eigenvalue weighted by atomic mass is 15.6. The molecule has 0 spiro atoms. The molecule has 4 nitrogen and oxygen atoms in total. The molecule has 4 heteroatoms. The molecule has 0 radical (unpaired) electrons. The molecule has 2 aromatic rings. The first-order chi connectivity index (χ1) is 9.88. The molecule has 0 aliphatic heterocycles. The van der Waals surface area contributed by atoms with E-state index in [9.17, 15) is 0 Å². The average Bonchev–Trinajstić information content (AvgIpc) is 3.00. The SMILES string of the molecule is C=C[C@@H](C1CCCCC1)n1nnc(-c2ccccc2)n1. The predicted octanol–water partition coefficient (Wildman–Crippen LogP) is 3.65. The Morgan fingerprint density at radius 2 is 1.90 bits per heavy atom. The lowest BCUT2D eigenvalue weighted by Crippen LogP contribution is -2.22. The second-order valence-corrected chi connectivity index (χ2v) is 5.42. The highest BCUT2D eigenvalue weighted by Crippen LogP contribution is 2.32. The van der Waals surface area contributed by atoms with E-state index in [1.165, 1.54) is 32.1 Å². The number of hydrogen-bond donors (Lipinski definition) is 0. The third kappa shape index (κ3) is 2.64. The van der Waals surface area contributed by atoms with Crippen molar-refractivity contribution in [1.29, 1.82) is 0 Å². The largest absolute Gasteiger partial charge is 0.204 e. The minimum atomic E-state index is 0.167. The number of rotatable bonds is 4. The van der Waals surface area contributed by atoms with Gasteiger partial charge in [0.15, 0.2) is 0 Å². The van der Waals surface area contributed by atoms with E-state index in [4.69, 9.17) is 0 Å². The van der Waals surface area contributed by atoms with Gasteiger partial charge in [0.25, 0.3) is 0 Å². The van der Waals surface area contributed by atoms with Crippen molar-refractivity contribution < 1.29 is 0 Å². The van der Waals surface area contributed by atoms with Crippen molar-refractivity contribution >= 4 is 0 Å². The Hall–Kier alpha value is -1.97. The molecule has 1 aromatic heterocycles. The Morgan fingerprint density at radius 3 is 2.60 bits per heavy atom. The average molecular weight is 268 g/mol. The first kappa shape index (κ1) is 13.0. The molecule has 1 heterocycles. The van der Waals surface area contributed by atoms with Crippen molar-refractivity contribution in [2.75, 3.05) is 0 Å². The van der Waals surface area contributed by atoms with Crippen molar-refractivity contribution in [2.45, 2.75) is 38.1 Å². The van der Waals surface area contributed by atoms with Gasteiger partial charge < -0.3 is 0 Å². The standard InChI is InChI=1S/C16H20N4/c1-2-15(13-9-5-3-6-10-13)20-18-16(17-19-20)14-11-7-4-8-12-14/h2,4,7-8,11-13,15H,1,3,5-6,9-10H2/t15-/m0/s1. The first-order valence-corrected chi connectivity index (χ1v) is 7.36. The molecule has 0 bridgehead atoms. The summed E-state index contributed by atoms with van der Waals surface area (Å²) >= 11 is 0. The van der Waals surface area contributed by atoms with E-state index >= 15 is 0 Å². The molecule has 20 heavy (non-hydrogen) atoms. The van der Waals surface area contributed by atoms with E-state index in [1.807, 2.05) is 36.4 Å². The van der Waals surface area contributed by atoms with Gasteiger partial charge >= 0.3 is 0 Å². The third-order valence-corrected chi connectivity index (χ3v) is 4.10. The van der Waals surface area contributed by atoms with Crippen LogP contribution in [0.4, 0.5) is 0 Å². The van der Waals surface area contributed by atoms with Gasteiger partial charge in [-0.25, -0.2) is 0 Å². The minimum Gasteiger partial charge on any atom is -0.157 e. The summed E-state index contributed by atoms with van der Waals surface area (Å²) in [6.45, 7) is 3.97. The van der Waals surface area contributed by atoms with Gasteiger partial charge in [-0.2, -0.15) is 4.80 Å². The molecule has 1 aromatic carbocycles. The van der Waals surface area contributed by atoms with E-state index in [0.29, 0.717) is 11.7 Å². The van der Waals surface area contributed by atoms with E-state index in [1.54, 1.807) is 4.80 Å². The summed E-state index contributed by atoms with van der Waals surface area (Å²) in [5.41, 5.74) is 1.00. The highest BCUT2D eigenvalue weighted by Gasteiger charge is 2.24. The van der Waals surface area contributed by atoms with Gasteiger partial charge in [0.2, 0.25) is 5.82 Å². The molecule has 1 atom stereocenters. The van der Waals surface area contributed by atoms with E-state index < -0.39 is 0 Å². The first-order valence-electron chi connectivity index (χ1n) is 7.36. The quantitative estimate of drug-likeness (QED) is 0.795. The van der Waals surface area contributed by atoms with Gasteiger partial charge in [-0.3, -0.25) is 0 Å². The van der Waals surface area contributed by atoms with E-state index in [-0.39, 0.29) is 6.04 Å². The Morgan fingerprint density at radius 1 is 1.15 bits per heavy atom. The molecule has 0 saturated heterocycles. The molecular weight excluding hydrogens is 248 g/mol. The smallest absolute Gasteiger partial charge is 0.157 e. The molecule has 0 amide bonds. The Kier molecular flexibility index (Phi) is 3.90. The van der Waals surface area contributed by atoms with Crippen molar-refractivity contribution in [3.8, 4) is 11.4 Å². The van der Waals surface area contributed by atoms with Crippen molar-refractivity contribution in [3.63, 3.8) is 0 Å². The van der Waals surface area contributed by atoms with Crippen molar-refractivity contribution in [2.24, 2.45) is 5.92 Å². The van der Waals surface area contributed by atoms with Gasteiger partial charge in [0.05, 0.1) is 6.04 Å². The maximum Gasteiger partial charge on any atom is 0.204 e. The van der Waals surface area contributed by atoms with E-state index in [2.05, 4.69) is 22.0 Å². The Labute approximate surface area is 119 Å². The predicted molar refractivity (Wildman–Crippen MR) is 79.1 cm³/mol. The maximum absolute atomic E-state index is 4.55. The zero-order valence-corrected chi connectivity index (χ0v) is 11.7. The van der Waals surface area contributed by atoms with Gasteiger partial charge in [-0.05, 0) is 24.0 Å². The van der Waals surface area contributed by atoms with Crippen LogP contribution < -0.4 is 0 Å². The van der Waals surface area contributed by atoms with Gasteiger partial charge in [-0.15, -0.1) is 16.8 Å². The second-order valence-electron chi connectivity index (χ2n) is 5.42. The molecule has 1 aliphatic carbocycles. The molecular formula is C16H20N4. The Bertz CT molecular complexity index is 555. The Balaban J connectivity index is 1.82. The number of allylic oxidation sites excluding steroid dienone is 1.